The Bertz CT molecular complexity index is 149. The Labute approximate surface area is 55.4 Å². The van der Waals surface area contributed by atoms with Crippen LogP contribution in [0.2, 0.25) is 0 Å². The third-order valence-electron chi connectivity index (χ3n) is 2.66. The Morgan fingerprint density at radius 3 is 2.78 bits per heavy atom. The zero-order chi connectivity index (χ0) is 6.27. The normalized spacial score (nSPS) is 39.4. The van der Waals surface area contributed by atoms with E-state index in [-0.39, 0.29) is 0 Å². The molecule has 0 saturated heterocycles. The topological polar surface area (TPSA) is 20.2 Å². The molecule has 1 nitrogen and oxygen atoms in total. The molecule has 2 atom stereocenters. The first-order valence-corrected chi connectivity index (χ1v) is 3.69. The number of allylic oxidation sites excluding steroid dienone is 2. The van der Waals surface area contributed by atoms with E-state index in [1.165, 1.54) is 19.3 Å². The van der Waals surface area contributed by atoms with Crippen LogP contribution in [0.4, 0.5) is 0 Å². The number of hydrogen-bond acceptors (Lipinski definition) is 1. The third-order valence-corrected chi connectivity index (χ3v) is 2.66. The van der Waals surface area contributed by atoms with E-state index >= 15 is 0 Å². The van der Waals surface area contributed by atoms with Crippen LogP contribution >= 0.6 is 0 Å². The first kappa shape index (κ1) is 5.48. The lowest BCUT2D eigenvalue weighted by molar-refractivity contribution is 0.194. The molecule has 2 bridgehead atoms. The Hall–Kier alpha value is -0.300. The van der Waals surface area contributed by atoms with Gasteiger partial charge in [-0.1, -0.05) is 11.6 Å². The Morgan fingerprint density at radius 2 is 2.44 bits per heavy atom. The van der Waals surface area contributed by atoms with Crippen LogP contribution in [0.25, 0.3) is 0 Å². The van der Waals surface area contributed by atoms with Crippen molar-refractivity contribution in [1.82, 2.24) is 0 Å². The molecule has 1 saturated carbocycles. The minimum atomic E-state index is 0.405. The molecule has 0 spiro atoms. The van der Waals surface area contributed by atoms with Gasteiger partial charge in [-0.15, -0.1) is 0 Å². The van der Waals surface area contributed by atoms with Gasteiger partial charge in [-0.2, -0.15) is 0 Å². The fourth-order valence-electron chi connectivity index (χ4n) is 2.06. The highest BCUT2D eigenvalue weighted by Gasteiger charge is 2.32. The Kier molecular flexibility index (Phi) is 1.12. The van der Waals surface area contributed by atoms with E-state index in [9.17, 15) is 0 Å². The second kappa shape index (κ2) is 1.84. The van der Waals surface area contributed by atoms with Gasteiger partial charge in [-0.25, -0.2) is 0 Å². The van der Waals surface area contributed by atoms with Gasteiger partial charge in [0.25, 0.3) is 0 Å². The molecular weight excluding hydrogens is 112 g/mol. The predicted octanol–water partition coefficient (Wildman–Crippen LogP) is 1.33. The lowest BCUT2D eigenvalue weighted by Gasteiger charge is -2.14. The summed E-state index contributed by atoms with van der Waals surface area (Å²) in [4.78, 5) is 0. The zero-order valence-electron chi connectivity index (χ0n) is 5.51. The number of fused-ring (bicyclic) bond motifs is 2. The summed E-state index contributed by atoms with van der Waals surface area (Å²) in [5.41, 5.74) is 1.60. The molecule has 1 fully saturated rings. The summed E-state index contributed by atoms with van der Waals surface area (Å²) >= 11 is 0. The first-order valence-electron chi connectivity index (χ1n) is 3.69. The monoisotopic (exact) mass is 124 g/mol. The maximum Gasteiger partial charge on any atom is 0.0465 e. The van der Waals surface area contributed by atoms with E-state index in [0.717, 1.165) is 5.92 Å². The molecule has 2 aliphatic rings. The van der Waals surface area contributed by atoms with Crippen molar-refractivity contribution in [3.63, 3.8) is 0 Å². The maximum absolute atomic E-state index is 8.86. The summed E-state index contributed by atoms with van der Waals surface area (Å²) in [5, 5.41) is 8.86. The van der Waals surface area contributed by atoms with E-state index in [4.69, 9.17) is 5.11 Å². The molecule has 9 heavy (non-hydrogen) atoms. The summed E-state index contributed by atoms with van der Waals surface area (Å²) in [6.45, 7) is 0.405. The van der Waals surface area contributed by atoms with Crippen LogP contribution in [0.3, 0.4) is 0 Å². The SMILES string of the molecule is OCC1CC2=CCC1C2. The number of hydrogen-bond donors (Lipinski definition) is 1. The van der Waals surface area contributed by atoms with Crippen molar-refractivity contribution in [2.45, 2.75) is 19.3 Å². The van der Waals surface area contributed by atoms with E-state index in [0.29, 0.717) is 12.5 Å². The third kappa shape index (κ3) is 0.715. The van der Waals surface area contributed by atoms with Crippen LogP contribution in [0.5, 0.6) is 0 Å². The molecular formula is C8H12O. The van der Waals surface area contributed by atoms with Crippen molar-refractivity contribution in [1.29, 1.82) is 0 Å². The van der Waals surface area contributed by atoms with Gasteiger partial charge < -0.3 is 5.11 Å². The van der Waals surface area contributed by atoms with Gasteiger partial charge in [0.2, 0.25) is 0 Å². The van der Waals surface area contributed by atoms with Crippen LogP contribution in [0.1, 0.15) is 19.3 Å². The van der Waals surface area contributed by atoms with Gasteiger partial charge in [-0.3, -0.25) is 0 Å². The summed E-state index contributed by atoms with van der Waals surface area (Å²) in [6.07, 6.45) is 6.05. The van der Waals surface area contributed by atoms with Gasteiger partial charge in [0.05, 0.1) is 0 Å². The maximum atomic E-state index is 8.86. The van der Waals surface area contributed by atoms with Gasteiger partial charge in [0, 0.05) is 6.61 Å². The van der Waals surface area contributed by atoms with Crippen molar-refractivity contribution >= 4 is 0 Å². The average molecular weight is 124 g/mol. The Balaban J connectivity index is 2.12. The van der Waals surface area contributed by atoms with Crippen LogP contribution in [-0.2, 0) is 0 Å². The quantitative estimate of drug-likeness (QED) is 0.523. The lowest BCUT2D eigenvalue weighted by Crippen LogP contribution is -2.11. The number of rotatable bonds is 1. The van der Waals surface area contributed by atoms with Crippen LogP contribution in [0, 0.1) is 11.8 Å². The van der Waals surface area contributed by atoms with E-state index < -0.39 is 0 Å². The van der Waals surface area contributed by atoms with Gasteiger partial charge in [0.1, 0.15) is 0 Å². The molecule has 1 N–H and O–H groups in total. The molecule has 0 heterocycles. The highest BCUT2D eigenvalue weighted by atomic mass is 16.3. The molecule has 0 aliphatic heterocycles. The highest BCUT2D eigenvalue weighted by Crippen LogP contribution is 2.43. The molecule has 50 valence electrons. The highest BCUT2D eigenvalue weighted by molar-refractivity contribution is 5.18. The molecule has 0 radical (unpaired) electrons. The minimum absolute atomic E-state index is 0.405. The molecule has 2 aliphatic carbocycles. The van der Waals surface area contributed by atoms with Crippen molar-refractivity contribution in [3.05, 3.63) is 11.6 Å². The number of aliphatic hydroxyl groups is 1. The lowest BCUT2D eigenvalue weighted by atomic mass is 9.93. The molecule has 0 amide bonds. The summed E-state index contributed by atoms with van der Waals surface area (Å²) < 4.78 is 0. The molecule has 0 aromatic rings. The van der Waals surface area contributed by atoms with Crippen molar-refractivity contribution in [2.24, 2.45) is 11.8 Å². The second-order valence-electron chi connectivity index (χ2n) is 3.21. The Morgan fingerprint density at radius 1 is 1.56 bits per heavy atom. The minimum Gasteiger partial charge on any atom is -0.396 e. The standard InChI is InChI=1S/C8H12O/c9-5-8-4-6-1-2-7(8)3-6/h1,7-9H,2-5H2. The predicted molar refractivity (Wildman–Crippen MR) is 36.0 cm³/mol. The van der Waals surface area contributed by atoms with Crippen molar-refractivity contribution in [3.8, 4) is 0 Å². The van der Waals surface area contributed by atoms with E-state index in [2.05, 4.69) is 6.08 Å². The largest absolute Gasteiger partial charge is 0.396 e. The zero-order valence-corrected chi connectivity index (χ0v) is 5.51. The van der Waals surface area contributed by atoms with E-state index in [1.54, 1.807) is 5.57 Å². The molecule has 2 rings (SSSR count). The van der Waals surface area contributed by atoms with Crippen molar-refractivity contribution in [2.75, 3.05) is 6.61 Å². The summed E-state index contributed by atoms with van der Waals surface area (Å²) in [5.74, 6) is 1.43. The van der Waals surface area contributed by atoms with Gasteiger partial charge in [0.15, 0.2) is 0 Å². The smallest absolute Gasteiger partial charge is 0.0465 e. The molecule has 2 unspecified atom stereocenters. The fraction of sp³-hybridized carbons (Fsp3) is 0.750. The summed E-state index contributed by atoms with van der Waals surface area (Å²) in [7, 11) is 0. The van der Waals surface area contributed by atoms with Gasteiger partial charge in [-0.05, 0) is 31.1 Å². The molecule has 0 aromatic carbocycles. The second-order valence-corrected chi connectivity index (χ2v) is 3.21. The van der Waals surface area contributed by atoms with Crippen LogP contribution in [-0.4, -0.2) is 11.7 Å². The van der Waals surface area contributed by atoms with E-state index in [1.807, 2.05) is 0 Å². The summed E-state index contributed by atoms with van der Waals surface area (Å²) in [6, 6.07) is 0. The molecule has 1 heteroatoms. The van der Waals surface area contributed by atoms with Crippen LogP contribution < -0.4 is 0 Å². The first-order chi connectivity index (χ1) is 4.40. The number of aliphatic hydroxyl groups excluding tert-OH is 1. The van der Waals surface area contributed by atoms with Crippen molar-refractivity contribution < 1.29 is 5.11 Å². The van der Waals surface area contributed by atoms with Gasteiger partial charge >= 0.3 is 0 Å². The van der Waals surface area contributed by atoms with Crippen LogP contribution in [0.15, 0.2) is 11.6 Å². The average Bonchev–Trinajstić information content (AvgIpc) is 2.45. The molecule has 0 aromatic heterocycles. The fourth-order valence-corrected chi connectivity index (χ4v) is 2.06.